The standard InChI is InChI=1S/C15H21NOS/c1-18-11-15(17)16-14-9-7-13(8-10-14)12-5-3-2-4-6-12/h2-6,13-14H,7-11H2,1H3,(H,16,17). The van der Waals surface area contributed by atoms with Gasteiger partial charge in [-0.3, -0.25) is 4.79 Å². The van der Waals surface area contributed by atoms with Gasteiger partial charge in [-0.15, -0.1) is 0 Å². The number of benzene rings is 1. The summed E-state index contributed by atoms with van der Waals surface area (Å²) in [5, 5.41) is 3.13. The first kappa shape index (κ1) is 13.5. The summed E-state index contributed by atoms with van der Waals surface area (Å²) in [6, 6.07) is 11.1. The van der Waals surface area contributed by atoms with Gasteiger partial charge in [0.05, 0.1) is 5.75 Å². The van der Waals surface area contributed by atoms with E-state index in [0.717, 1.165) is 12.8 Å². The number of carbonyl (C=O) groups excluding carboxylic acids is 1. The van der Waals surface area contributed by atoms with Crippen molar-refractivity contribution in [3.63, 3.8) is 0 Å². The zero-order valence-corrected chi connectivity index (χ0v) is 11.7. The minimum absolute atomic E-state index is 0.186. The quantitative estimate of drug-likeness (QED) is 0.904. The van der Waals surface area contributed by atoms with Crippen LogP contribution in [0.1, 0.15) is 37.2 Å². The van der Waals surface area contributed by atoms with E-state index in [0.29, 0.717) is 17.7 Å². The van der Waals surface area contributed by atoms with E-state index in [4.69, 9.17) is 0 Å². The molecule has 98 valence electrons. The van der Waals surface area contributed by atoms with Crippen LogP contribution in [0.15, 0.2) is 30.3 Å². The Morgan fingerprint density at radius 1 is 1.22 bits per heavy atom. The second kappa shape index (κ2) is 6.83. The predicted octanol–water partition coefficient (Wildman–Crippen LogP) is 3.19. The Bertz CT molecular complexity index is 371. The summed E-state index contributed by atoms with van der Waals surface area (Å²) in [6.45, 7) is 0. The Balaban J connectivity index is 1.80. The molecule has 1 N–H and O–H groups in total. The van der Waals surface area contributed by atoms with Crippen LogP contribution >= 0.6 is 11.8 Å². The normalized spacial score (nSPS) is 23.6. The minimum atomic E-state index is 0.186. The van der Waals surface area contributed by atoms with E-state index in [1.54, 1.807) is 11.8 Å². The number of hydrogen-bond donors (Lipinski definition) is 1. The summed E-state index contributed by atoms with van der Waals surface area (Å²) >= 11 is 1.58. The Morgan fingerprint density at radius 3 is 2.50 bits per heavy atom. The molecular weight excluding hydrogens is 242 g/mol. The number of thioether (sulfide) groups is 1. The molecular formula is C15H21NOS. The Labute approximate surface area is 114 Å². The first-order valence-electron chi connectivity index (χ1n) is 6.63. The molecule has 0 aliphatic heterocycles. The van der Waals surface area contributed by atoms with Crippen molar-refractivity contribution >= 4 is 17.7 Å². The van der Waals surface area contributed by atoms with Crippen LogP contribution in [0, 0.1) is 0 Å². The SMILES string of the molecule is CSCC(=O)NC1CCC(c2ccccc2)CC1. The maximum atomic E-state index is 11.5. The van der Waals surface area contributed by atoms with E-state index in [9.17, 15) is 4.79 Å². The first-order valence-corrected chi connectivity index (χ1v) is 8.02. The van der Waals surface area contributed by atoms with E-state index >= 15 is 0 Å². The Kier molecular flexibility index (Phi) is 5.12. The third kappa shape index (κ3) is 3.77. The molecule has 0 bridgehead atoms. The van der Waals surface area contributed by atoms with Crippen molar-refractivity contribution in [1.82, 2.24) is 5.32 Å². The van der Waals surface area contributed by atoms with Gasteiger partial charge in [0.1, 0.15) is 0 Å². The highest BCUT2D eigenvalue weighted by Crippen LogP contribution is 2.32. The largest absolute Gasteiger partial charge is 0.353 e. The van der Waals surface area contributed by atoms with Crippen molar-refractivity contribution in [3.05, 3.63) is 35.9 Å². The van der Waals surface area contributed by atoms with Gasteiger partial charge >= 0.3 is 0 Å². The molecule has 1 aliphatic carbocycles. The highest BCUT2D eigenvalue weighted by Gasteiger charge is 2.22. The Hall–Kier alpha value is -0.960. The molecule has 2 nitrogen and oxygen atoms in total. The Morgan fingerprint density at radius 2 is 1.89 bits per heavy atom. The van der Waals surface area contributed by atoms with Crippen molar-refractivity contribution in [2.24, 2.45) is 0 Å². The number of carbonyl (C=O) groups is 1. The van der Waals surface area contributed by atoms with Crippen LogP contribution in [-0.4, -0.2) is 24.0 Å². The molecule has 0 aromatic heterocycles. The van der Waals surface area contributed by atoms with Gasteiger partial charge in [-0.1, -0.05) is 30.3 Å². The molecule has 2 rings (SSSR count). The van der Waals surface area contributed by atoms with E-state index in [1.807, 2.05) is 6.26 Å². The molecule has 18 heavy (non-hydrogen) atoms. The summed E-state index contributed by atoms with van der Waals surface area (Å²) < 4.78 is 0. The molecule has 1 fully saturated rings. The van der Waals surface area contributed by atoms with Crippen molar-refractivity contribution in [1.29, 1.82) is 0 Å². The lowest BCUT2D eigenvalue weighted by Crippen LogP contribution is -2.38. The van der Waals surface area contributed by atoms with Gasteiger partial charge in [-0.05, 0) is 43.4 Å². The monoisotopic (exact) mass is 263 g/mol. The molecule has 0 saturated heterocycles. The molecule has 1 amide bonds. The van der Waals surface area contributed by atoms with Gasteiger partial charge < -0.3 is 5.32 Å². The zero-order valence-electron chi connectivity index (χ0n) is 10.9. The second-order valence-corrected chi connectivity index (χ2v) is 5.83. The molecule has 0 heterocycles. The van der Waals surface area contributed by atoms with Crippen molar-refractivity contribution < 1.29 is 4.79 Å². The summed E-state index contributed by atoms with van der Waals surface area (Å²) in [4.78, 5) is 11.5. The van der Waals surface area contributed by atoms with Crippen LogP contribution in [0.25, 0.3) is 0 Å². The minimum Gasteiger partial charge on any atom is -0.353 e. The van der Waals surface area contributed by atoms with Crippen LogP contribution in [0.2, 0.25) is 0 Å². The zero-order chi connectivity index (χ0) is 12.8. The van der Waals surface area contributed by atoms with E-state index in [1.165, 1.54) is 18.4 Å². The molecule has 0 radical (unpaired) electrons. The van der Waals surface area contributed by atoms with Crippen molar-refractivity contribution in [2.45, 2.75) is 37.6 Å². The summed E-state index contributed by atoms with van der Waals surface area (Å²) in [6.07, 6.45) is 6.56. The molecule has 0 atom stereocenters. The molecule has 1 aromatic rings. The van der Waals surface area contributed by atoms with Gasteiger partial charge in [0.15, 0.2) is 0 Å². The maximum Gasteiger partial charge on any atom is 0.230 e. The van der Waals surface area contributed by atoms with Crippen LogP contribution < -0.4 is 5.32 Å². The fourth-order valence-corrected chi connectivity index (χ4v) is 3.04. The highest BCUT2D eigenvalue weighted by molar-refractivity contribution is 7.99. The van der Waals surface area contributed by atoms with Crippen LogP contribution in [0.3, 0.4) is 0 Å². The maximum absolute atomic E-state index is 11.5. The van der Waals surface area contributed by atoms with E-state index in [-0.39, 0.29) is 5.91 Å². The summed E-state index contributed by atoms with van der Waals surface area (Å²) in [5.74, 6) is 1.45. The summed E-state index contributed by atoms with van der Waals surface area (Å²) in [7, 11) is 0. The van der Waals surface area contributed by atoms with E-state index in [2.05, 4.69) is 35.6 Å². The number of rotatable bonds is 4. The fourth-order valence-electron chi connectivity index (χ4n) is 2.70. The lowest BCUT2D eigenvalue weighted by atomic mass is 9.82. The lowest BCUT2D eigenvalue weighted by Gasteiger charge is -2.29. The van der Waals surface area contributed by atoms with Crippen LogP contribution in [-0.2, 0) is 4.79 Å². The van der Waals surface area contributed by atoms with Crippen molar-refractivity contribution in [3.8, 4) is 0 Å². The third-order valence-electron chi connectivity index (χ3n) is 3.64. The smallest absolute Gasteiger partial charge is 0.230 e. The van der Waals surface area contributed by atoms with Crippen LogP contribution in [0.4, 0.5) is 0 Å². The molecule has 1 saturated carbocycles. The molecule has 1 aliphatic rings. The van der Waals surface area contributed by atoms with Gasteiger partial charge in [-0.25, -0.2) is 0 Å². The van der Waals surface area contributed by atoms with Crippen LogP contribution in [0.5, 0.6) is 0 Å². The number of hydrogen-bond acceptors (Lipinski definition) is 2. The lowest BCUT2D eigenvalue weighted by molar-refractivity contribution is -0.119. The molecule has 3 heteroatoms. The van der Waals surface area contributed by atoms with Gasteiger partial charge in [0.2, 0.25) is 5.91 Å². The molecule has 0 spiro atoms. The van der Waals surface area contributed by atoms with Gasteiger partial charge in [-0.2, -0.15) is 11.8 Å². The van der Waals surface area contributed by atoms with Gasteiger partial charge in [0.25, 0.3) is 0 Å². The molecule has 1 aromatic carbocycles. The topological polar surface area (TPSA) is 29.1 Å². The van der Waals surface area contributed by atoms with E-state index < -0.39 is 0 Å². The summed E-state index contributed by atoms with van der Waals surface area (Å²) in [5.41, 5.74) is 1.45. The second-order valence-electron chi connectivity index (χ2n) is 4.96. The number of nitrogens with one attached hydrogen (secondary N) is 1. The molecule has 0 unspecified atom stereocenters. The fraction of sp³-hybridized carbons (Fsp3) is 0.533. The van der Waals surface area contributed by atoms with Gasteiger partial charge in [0, 0.05) is 6.04 Å². The third-order valence-corrected chi connectivity index (χ3v) is 4.19. The predicted molar refractivity (Wildman–Crippen MR) is 78.0 cm³/mol. The highest BCUT2D eigenvalue weighted by atomic mass is 32.2. The average molecular weight is 263 g/mol. The number of amides is 1. The van der Waals surface area contributed by atoms with Crippen molar-refractivity contribution in [2.75, 3.05) is 12.0 Å². The average Bonchev–Trinajstić information content (AvgIpc) is 2.41. The first-order chi connectivity index (χ1) is 8.79.